The number of allylic oxidation sites excluding steroid dienone is 1. The van der Waals surface area contributed by atoms with E-state index in [9.17, 15) is 4.39 Å². The van der Waals surface area contributed by atoms with Crippen LogP contribution in [0.15, 0.2) is 24.9 Å². The summed E-state index contributed by atoms with van der Waals surface area (Å²) in [7, 11) is 0. The zero-order chi connectivity index (χ0) is 9.42. The first-order valence-corrected chi connectivity index (χ1v) is 3.97. The van der Waals surface area contributed by atoms with Crippen molar-refractivity contribution in [3.63, 3.8) is 0 Å². The zero-order valence-corrected chi connectivity index (χ0v) is 7.26. The smallest absolute Gasteiger partial charge is 0.134 e. The summed E-state index contributed by atoms with van der Waals surface area (Å²) < 4.78 is 13.3. The molecule has 0 unspecified atom stereocenters. The van der Waals surface area contributed by atoms with Gasteiger partial charge in [-0.15, -0.1) is 0 Å². The Hall–Kier alpha value is -1.64. The highest BCUT2D eigenvalue weighted by atomic mass is 19.1. The maximum Gasteiger partial charge on any atom is 0.134 e. The van der Waals surface area contributed by atoms with Crippen LogP contribution in [0.3, 0.4) is 0 Å². The number of H-pyrrole nitrogens is 1. The van der Waals surface area contributed by atoms with E-state index in [2.05, 4.69) is 16.8 Å². The minimum absolute atomic E-state index is 0.260. The Labute approximate surface area is 75.1 Å². The SMILES string of the molecule is C=C(C)c1cc(F)c2cn[nH]c2c1. The first-order chi connectivity index (χ1) is 6.18. The Kier molecular flexibility index (Phi) is 1.65. The average molecular weight is 176 g/mol. The van der Waals surface area contributed by atoms with Crippen molar-refractivity contribution in [2.75, 3.05) is 0 Å². The average Bonchev–Trinajstić information content (AvgIpc) is 2.51. The van der Waals surface area contributed by atoms with Crippen LogP contribution in [0.2, 0.25) is 0 Å². The van der Waals surface area contributed by atoms with E-state index in [-0.39, 0.29) is 5.82 Å². The normalized spacial score (nSPS) is 10.6. The molecule has 2 nitrogen and oxygen atoms in total. The van der Waals surface area contributed by atoms with Crippen molar-refractivity contribution < 1.29 is 4.39 Å². The number of nitrogens with zero attached hydrogens (tertiary/aromatic N) is 1. The van der Waals surface area contributed by atoms with Crippen molar-refractivity contribution in [1.29, 1.82) is 0 Å². The topological polar surface area (TPSA) is 28.7 Å². The fraction of sp³-hybridized carbons (Fsp3) is 0.100. The maximum absolute atomic E-state index is 13.3. The lowest BCUT2D eigenvalue weighted by Gasteiger charge is -1.99. The van der Waals surface area contributed by atoms with E-state index in [1.54, 1.807) is 0 Å². The minimum atomic E-state index is -0.260. The molecule has 1 aromatic carbocycles. The van der Waals surface area contributed by atoms with Crippen LogP contribution in [0.4, 0.5) is 4.39 Å². The predicted octanol–water partition coefficient (Wildman–Crippen LogP) is 2.74. The largest absolute Gasteiger partial charge is 0.278 e. The number of hydrogen-bond acceptors (Lipinski definition) is 1. The van der Waals surface area contributed by atoms with Crippen molar-refractivity contribution in [2.24, 2.45) is 0 Å². The van der Waals surface area contributed by atoms with Gasteiger partial charge in [-0.3, -0.25) is 5.10 Å². The lowest BCUT2D eigenvalue weighted by Crippen LogP contribution is -1.82. The second-order valence-electron chi connectivity index (χ2n) is 3.07. The molecule has 0 saturated heterocycles. The second-order valence-corrected chi connectivity index (χ2v) is 3.07. The number of aromatic nitrogens is 2. The number of halogens is 1. The van der Waals surface area contributed by atoms with Crippen LogP contribution in [0.5, 0.6) is 0 Å². The molecule has 0 aliphatic carbocycles. The van der Waals surface area contributed by atoms with Crippen molar-refractivity contribution in [1.82, 2.24) is 10.2 Å². The van der Waals surface area contributed by atoms with Gasteiger partial charge in [-0.25, -0.2) is 4.39 Å². The van der Waals surface area contributed by atoms with Gasteiger partial charge in [0, 0.05) is 0 Å². The molecule has 0 amide bonds. The van der Waals surface area contributed by atoms with E-state index in [1.807, 2.05) is 13.0 Å². The molecule has 0 saturated carbocycles. The highest BCUT2D eigenvalue weighted by Crippen LogP contribution is 2.21. The first kappa shape index (κ1) is 7.98. The minimum Gasteiger partial charge on any atom is -0.278 e. The van der Waals surface area contributed by atoms with Crippen molar-refractivity contribution in [3.8, 4) is 0 Å². The molecule has 0 aliphatic rings. The molecule has 1 N–H and O–H groups in total. The van der Waals surface area contributed by atoms with Gasteiger partial charge in [0.1, 0.15) is 5.82 Å². The molecule has 13 heavy (non-hydrogen) atoms. The molecule has 0 fully saturated rings. The van der Waals surface area contributed by atoms with Gasteiger partial charge in [0.05, 0.1) is 17.1 Å². The monoisotopic (exact) mass is 176 g/mol. The number of fused-ring (bicyclic) bond motifs is 1. The summed E-state index contributed by atoms with van der Waals surface area (Å²) in [5.41, 5.74) is 2.35. The van der Waals surface area contributed by atoms with E-state index >= 15 is 0 Å². The summed E-state index contributed by atoms with van der Waals surface area (Å²) in [6, 6.07) is 3.31. The van der Waals surface area contributed by atoms with Gasteiger partial charge in [0.2, 0.25) is 0 Å². The quantitative estimate of drug-likeness (QED) is 0.711. The molecule has 3 heteroatoms. The highest BCUT2D eigenvalue weighted by Gasteiger charge is 2.05. The van der Waals surface area contributed by atoms with E-state index in [1.165, 1.54) is 12.3 Å². The molecular weight excluding hydrogens is 167 g/mol. The fourth-order valence-electron chi connectivity index (χ4n) is 1.25. The lowest BCUT2D eigenvalue weighted by atomic mass is 10.1. The van der Waals surface area contributed by atoms with Gasteiger partial charge in [0.25, 0.3) is 0 Å². The highest BCUT2D eigenvalue weighted by molar-refractivity contribution is 5.82. The zero-order valence-electron chi connectivity index (χ0n) is 7.26. The number of aromatic amines is 1. The third-order valence-electron chi connectivity index (χ3n) is 2.00. The summed E-state index contributed by atoms with van der Waals surface area (Å²) >= 11 is 0. The van der Waals surface area contributed by atoms with Gasteiger partial charge < -0.3 is 0 Å². The summed E-state index contributed by atoms with van der Waals surface area (Å²) in [5, 5.41) is 7.01. The van der Waals surface area contributed by atoms with Gasteiger partial charge in [0.15, 0.2) is 0 Å². The van der Waals surface area contributed by atoms with Crippen LogP contribution in [-0.4, -0.2) is 10.2 Å². The molecule has 0 aliphatic heterocycles. The van der Waals surface area contributed by atoms with Gasteiger partial charge in [-0.1, -0.05) is 12.2 Å². The molecule has 1 heterocycles. The maximum atomic E-state index is 13.3. The van der Waals surface area contributed by atoms with Crippen molar-refractivity contribution in [3.05, 3.63) is 36.3 Å². The summed E-state index contributed by atoms with van der Waals surface area (Å²) in [4.78, 5) is 0. The number of nitrogens with one attached hydrogen (secondary N) is 1. The van der Waals surface area contributed by atoms with Crippen LogP contribution in [0.25, 0.3) is 16.5 Å². The van der Waals surface area contributed by atoms with Crippen LogP contribution in [-0.2, 0) is 0 Å². The Morgan fingerprint density at radius 1 is 1.54 bits per heavy atom. The summed E-state index contributed by atoms with van der Waals surface area (Å²) in [6.45, 7) is 5.60. The third-order valence-corrected chi connectivity index (χ3v) is 2.00. The Balaban J connectivity index is 2.77. The van der Waals surface area contributed by atoms with Crippen molar-refractivity contribution in [2.45, 2.75) is 6.92 Å². The Morgan fingerprint density at radius 2 is 2.31 bits per heavy atom. The molecular formula is C10H9FN2. The van der Waals surface area contributed by atoms with Crippen LogP contribution in [0.1, 0.15) is 12.5 Å². The van der Waals surface area contributed by atoms with Crippen LogP contribution >= 0.6 is 0 Å². The molecule has 0 atom stereocenters. The van der Waals surface area contributed by atoms with Gasteiger partial charge in [-0.2, -0.15) is 5.10 Å². The molecule has 0 radical (unpaired) electrons. The summed E-state index contributed by atoms with van der Waals surface area (Å²) in [5.74, 6) is -0.260. The predicted molar refractivity (Wildman–Crippen MR) is 50.8 cm³/mol. The molecule has 0 spiro atoms. The standard InChI is InChI=1S/C10H9FN2/c1-6(2)7-3-9(11)8-5-12-13-10(8)4-7/h3-5H,1H2,2H3,(H,12,13). The van der Waals surface area contributed by atoms with Gasteiger partial charge >= 0.3 is 0 Å². The molecule has 0 bridgehead atoms. The Morgan fingerprint density at radius 3 is 3.00 bits per heavy atom. The van der Waals surface area contributed by atoms with E-state index in [0.29, 0.717) is 10.9 Å². The summed E-state index contributed by atoms with van der Waals surface area (Å²) in [6.07, 6.45) is 1.48. The van der Waals surface area contributed by atoms with E-state index in [0.717, 1.165) is 11.1 Å². The van der Waals surface area contributed by atoms with E-state index < -0.39 is 0 Å². The number of rotatable bonds is 1. The second kappa shape index (κ2) is 2.69. The van der Waals surface area contributed by atoms with Gasteiger partial charge in [-0.05, 0) is 24.6 Å². The fourth-order valence-corrected chi connectivity index (χ4v) is 1.25. The molecule has 66 valence electrons. The van der Waals surface area contributed by atoms with Crippen LogP contribution < -0.4 is 0 Å². The molecule has 2 rings (SSSR count). The number of benzene rings is 1. The van der Waals surface area contributed by atoms with Crippen molar-refractivity contribution >= 4 is 16.5 Å². The van der Waals surface area contributed by atoms with E-state index in [4.69, 9.17) is 0 Å². The van der Waals surface area contributed by atoms with Crippen LogP contribution in [0, 0.1) is 5.82 Å². The lowest BCUT2D eigenvalue weighted by molar-refractivity contribution is 0.639. The Bertz CT molecular complexity index is 471. The first-order valence-electron chi connectivity index (χ1n) is 3.97. The third kappa shape index (κ3) is 1.22. The molecule has 1 aromatic heterocycles. The molecule has 2 aromatic rings. The number of hydrogen-bond donors (Lipinski definition) is 1.